The number of primary amides is 1. The molecular weight excluding hydrogens is 384 g/mol. The normalized spacial score (nSPS) is 21.1. The molecule has 3 heterocycles. The van der Waals surface area contributed by atoms with Crippen molar-refractivity contribution in [1.29, 1.82) is 0 Å². The highest BCUT2D eigenvalue weighted by molar-refractivity contribution is 6.04. The number of benzene rings is 1. The number of nitrogens with two attached hydrogens (primary N) is 1. The molecule has 158 valence electrons. The molecule has 2 aromatic rings. The van der Waals surface area contributed by atoms with Gasteiger partial charge in [-0.15, -0.1) is 0 Å². The van der Waals surface area contributed by atoms with Gasteiger partial charge in [-0.25, -0.2) is 0 Å². The van der Waals surface area contributed by atoms with Crippen LogP contribution in [-0.4, -0.2) is 54.1 Å². The fourth-order valence-corrected chi connectivity index (χ4v) is 4.05. The van der Waals surface area contributed by atoms with Crippen LogP contribution in [0.5, 0.6) is 5.75 Å². The van der Waals surface area contributed by atoms with E-state index in [0.717, 1.165) is 18.5 Å². The molecule has 8 nitrogen and oxygen atoms in total. The zero-order valence-electron chi connectivity index (χ0n) is 17.0. The van der Waals surface area contributed by atoms with E-state index in [1.54, 1.807) is 18.5 Å². The Morgan fingerprint density at radius 3 is 2.97 bits per heavy atom. The predicted molar refractivity (Wildman–Crippen MR) is 111 cm³/mol. The third kappa shape index (κ3) is 4.77. The first-order valence-electron chi connectivity index (χ1n) is 10.1. The average Bonchev–Trinajstić information content (AvgIpc) is 3.20. The van der Waals surface area contributed by atoms with Gasteiger partial charge in [-0.05, 0) is 29.2 Å². The van der Waals surface area contributed by atoms with Crippen LogP contribution in [0.4, 0.5) is 5.69 Å². The molecule has 0 aliphatic carbocycles. The monoisotopic (exact) mass is 410 g/mol. The maximum atomic E-state index is 12.8. The summed E-state index contributed by atoms with van der Waals surface area (Å²) < 4.78 is 11.2. The van der Waals surface area contributed by atoms with Crippen molar-refractivity contribution in [3.8, 4) is 5.75 Å². The lowest BCUT2D eigenvalue weighted by atomic mass is 9.89. The molecule has 1 saturated heterocycles. The van der Waals surface area contributed by atoms with E-state index in [0.29, 0.717) is 36.8 Å². The van der Waals surface area contributed by atoms with E-state index < -0.39 is 0 Å². The standard InChI is InChI=1S/C22H26N4O4/c1-14-10-26(12-21(23)27)11-16-6-15(2-3-20(14)16)22(28)25-17-7-19(9-24-8-17)30-18-4-5-29-13-18/h2-3,6-9,14,18H,4-5,10-13H2,1H3,(H2,23,27)(H,25,28)/t14-,18?/m0/s1. The van der Waals surface area contributed by atoms with Gasteiger partial charge in [0.25, 0.3) is 5.91 Å². The molecule has 1 fully saturated rings. The molecule has 0 radical (unpaired) electrons. The second kappa shape index (κ2) is 8.81. The van der Waals surface area contributed by atoms with E-state index in [9.17, 15) is 9.59 Å². The van der Waals surface area contributed by atoms with Gasteiger partial charge in [0.05, 0.1) is 37.8 Å². The highest BCUT2D eigenvalue weighted by Crippen LogP contribution is 2.29. The number of nitrogens with one attached hydrogen (secondary N) is 1. The molecule has 0 bridgehead atoms. The first-order chi connectivity index (χ1) is 14.5. The summed E-state index contributed by atoms with van der Waals surface area (Å²) in [5, 5.41) is 2.88. The number of nitrogens with zero attached hydrogens (tertiary/aromatic N) is 2. The van der Waals surface area contributed by atoms with Crippen LogP contribution >= 0.6 is 0 Å². The fourth-order valence-electron chi connectivity index (χ4n) is 4.05. The predicted octanol–water partition coefficient (Wildman–Crippen LogP) is 1.91. The fraction of sp³-hybridized carbons (Fsp3) is 0.409. The van der Waals surface area contributed by atoms with Crippen LogP contribution in [0, 0.1) is 0 Å². The number of hydrogen-bond donors (Lipinski definition) is 2. The van der Waals surface area contributed by atoms with Gasteiger partial charge in [0.15, 0.2) is 0 Å². The SMILES string of the molecule is C[C@H]1CN(CC(N)=O)Cc2cc(C(=O)Nc3cncc(OC4CCOC4)c3)ccc21. The molecule has 1 unspecified atom stereocenters. The molecule has 0 spiro atoms. The van der Waals surface area contributed by atoms with Gasteiger partial charge in [0.1, 0.15) is 11.9 Å². The third-order valence-corrected chi connectivity index (χ3v) is 5.40. The number of aromatic nitrogens is 1. The van der Waals surface area contributed by atoms with Gasteiger partial charge in [-0.3, -0.25) is 19.5 Å². The summed E-state index contributed by atoms with van der Waals surface area (Å²) in [5.41, 5.74) is 8.71. The lowest BCUT2D eigenvalue weighted by molar-refractivity contribution is -0.119. The number of fused-ring (bicyclic) bond motifs is 1. The van der Waals surface area contributed by atoms with Crippen molar-refractivity contribution >= 4 is 17.5 Å². The highest BCUT2D eigenvalue weighted by Gasteiger charge is 2.24. The van der Waals surface area contributed by atoms with Crippen LogP contribution in [0.1, 0.15) is 40.7 Å². The topological polar surface area (TPSA) is 107 Å². The van der Waals surface area contributed by atoms with Gasteiger partial charge in [-0.1, -0.05) is 13.0 Å². The Bertz CT molecular complexity index is 942. The Hall–Kier alpha value is -2.97. The van der Waals surface area contributed by atoms with Crippen molar-refractivity contribution < 1.29 is 19.1 Å². The van der Waals surface area contributed by atoms with E-state index in [-0.39, 0.29) is 30.4 Å². The first-order valence-corrected chi connectivity index (χ1v) is 10.1. The molecule has 0 saturated carbocycles. The number of hydrogen-bond acceptors (Lipinski definition) is 6. The molecule has 2 aliphatic heterocycles. The van der Waals surface area contributed by atoms with Crippen molar-refractivity contribution in [2.24, 2.45) is 5.73 Å². The maximum Gasteiger partial charge on any atom is 0.255 e. The number of carbonyl (C=O) groups is 2. The summed E-state index contributed by atoms with van der Waals surface area (Å²) in [4.78, 5) is 30.3. The zero-order chi connectivity index (χ0) is 21.1. The Balaban J connectivity index is 1.46. The number of anilines is 1. The van der Waals surface area contributed by atoms with E-state index in [2.05, 4.69) is 17.2 Å². The second-order valence-corrected chi connectivity index (χ2v) is 7.92. The summed E-state index contributed by atoms with van der Waals surface area (Å²) >= 11 is 0. The quantitative estimate of drug-likeness (QED) is 0.753. The van der Waals surface area contributed by atoms with Crippen LogP contribution in [0.3, 0.4) is 0 Å². The molecule has 2 amide bonds. The smallest absolute Gasteiger partial charge is 0.255 e. The largest absolute Gasteiger partial charge is 0.486 e. The van der Waals surface area contributed by atoms with Crippen LogP contribution < -0.4 is 15.8 Å². The molecule has 1 aromatic carbocycles. The zero-order valence-corrected chi connectivity index (χ0v) is 17.0. The summed E-state index contributed by atoms with van der Waals surface area (Å²) in [6, 6.07) is 7.47. The van der Waals surface area contributed by atoms with Crippen LogP contribution in [-0.2, 0) is 16.1 Å². The second-order valence-electron chi connectivity index (χ2n) is 7.92. The minimum atomic E-state index is -0.349. The van der Waals surface area contributed by atoms with Gasteiger partial charge in [-0.2, -0.15) is 0 Å². The summed E-state index contributed by atoms with van der Waals surface area (Å²) in [6.07, 6.45) is 4.08. The van der Waals surface area contributed by atoms with Crippen molar-refractivity contribution in [3.63, 3.8) is 0 Å². The van der Waals surface area contributed by atoms with Crippen LogP contribution in [0.15, 0.2) is 36.7 Å². The minimum absolute atomic E-state index is 0.0173. The van der Waals surface area contributed by atoms with Crippen molar-refractivity contribution in [2.75, 3.05) is 31.6 Å². The molecule has 2 aliphatic rings. The number of rotatable bonds is 6. The van der Waals surface area contributed by atoms with Crippen LogP contribution in [0.25, 0.3) is 0 Å². The van der Waals surface area contributed by atoms with Gasteiger partial charge in [0, 0.05) is 31.1 Å². The maximum absolute atomic E-state index is 12.8. The average molecular weight is 410 g/mol. The summed E-state index contributed by atoms with van der Waals surface area (Å²) in [6.45, 7) is 4.95. The lowest BCUT2D eigenvalue weighted by Crippen LogP contribution is -2.38. The number of ether oxygens (including phenoxy) is 2. The van der Waals surface area contributed by atoms with Crippen molar-refractivity contribution in [3.05, 3.63) is 53.3 Å². The van der Waals surface area contributed by atoms with E-state index in [4.69, 9.17) is 15.2 Å². The number of carbonyl (C=O) groups excluding carboxylic acids is 2. The Labute approximate surface area is 175 Å². The first kappa shape index (κ1) is 20.3. The Morgan fingerprint density at radius 2 is 2.20 bits per heavy atom. The summed E-state index contributed by atoms with van der Waals surface area (Å²) in [7, 11) is 0. The third-order valence-electron chi connectivity index (χ3n) is 5.40. The van der Waals surface area contributed by atoms with E-state index in [1.165, 1.54) is 5.56 Å². The molecule has 30 heavy (non-hydrogen) atoms. The van der Waals surface area contributed by atoms with Crippen molar-refractivity contribution in [2.45, 2.75) is 31.9 Å². The Kier molecular flexibility index (Phi) is 5.96. The van der Waals surface area contributed by atoms with Crippen molar-refractivity contribution in [1.82, 2.24) is 9.88 Å². The van der Waals surface area contributed by atoms with Gasteiger partial charge < -0.3 is 20.5 Å². The molecule has 3 N–H and O–H groups in total. The van der Waals surface area contributed by atoms with E-state index in [1.807, 2.05) is 23.1 Å². The van der Waals surface area contributed by atoms with Gasteiger partial charge in [0.2, 0.25) is 5.91 Å². The lowest BCUT2D eigenvalue weighted by Gasteiger charge is -2.32. The number of pyridine rings is 1. The molecule has 1 aromatic heterocycles. The molecule has 8 heteroatoms. The van der Waals surface area contributed by atoms with Gasteiger partial charge >= 0.3 is 0 Å². The van der Waals surface area contributed by atoms with E-state index >= 15 is 0 Å². The summed E-state index contributed by atoms with van der Waals surface area (Å²) in [5.74, 6) is 0.298. The minimum Gasteiger partial charge on any atom is -0.486 e. The highest BCUT2D eigenvalue weighted by atomic mass is 16.5. The molecular formula is C22H26N4O4. The molecule has 2 atom stereocenters. The Morgan fingerprint density at radius 1 is 1.33 bits per heavy atom. The van der Waals surface area contributed by atoms with Crippen LogP contribution in [0.2, 0.25) is 0 Å². The number of amides is 2. The molecule has 4 rings (SSSR count).